The van der Waals surface area contributed by atoms with E-state index >= 15 is 0 Å². The molecule has 3 rings (SSSR count). The Balaban J connectivity index is 0.00000161. The van der Waals surface area contributed by atoms with Crippen molar-refractivity contribution in [3.05, 3.63) is 35.4 Å². The Kier molecular flexibility index (Phi) is 4.84. The van der Waals surface area contributed by atoms with Crippen LogP contribution < -0.4 is 5.32 Å². The molecular weight excluding hydrogens is 298 g/mol. The van der Waals surface area contributed by atoms with Crippen LogP contribution in [0, 0.1) is 11.6 Å². The van der Waals surface area contributed by atoms with Gasteiger partial charge in [-0.25, -0.2) is 8.78 Å². The van der Waals surface area contributed by atoms with Gasteiger partial charge in [0.1, 0.15) is 11.6 Å². The second-order valence-corrected chi connectivity index (χ2v) is 5.60. The number of piperazine rings is 1. The molecule has 0 radical (unpaired) electrons. The molecule has 1 aromatic carbocycles. The Morgan fingerprint density at radius 2 is 1.86 bits per heavy atom. The third-order valence-corrected chi connectivity index (χ3v) is 4.47. The number of amides is 1. The van der Waals surface area contributed by atoms with Gasteiger partial charge in [-0.3, -0.25) is 4.79 Å². The highest BCUT2D eigenvalue weighted by Gasteiger charge is 2.49. The minimum Gasteiger partial charge on any atom is -0.339 e. The molecule has 1 N–H and O–H groups in total. The number of nitrogens with one attached hydrogen (secondary N) is 1. The van der Waals surface area contributed by atoms with E-state index < -0.39 is 17.0 Å². The van der Waals surface area contributed by atoms with E-state index in [4.69, 9.17) is 0 Å². The van der Waals surface area contributed by atoms with Crippen LogP contribution in [-0.2, 0) is 10.2 Å². The lowest BCUT2D eigenvalue weighted by atomic mass is 9.63. The molecule has 1 aliphatic carbocycles. The molecule has 0 unspecified atom stereocenters. The van der Waals surface area contributed by atoms with Gasteiger partial charge in [-0.15, -0.1) is 12.4 Å². The topological polar surface area (TPSA) is 32.3 Å². The maximum Gasteiger partial charge on any atom is 0.233 e. The second kappa shape index (κ2) is 6.28. The van der Waals surface area contributed by atoms with Gasteiger partial charge in [-0.1, -0.05) is 12.5 Å². The molecule has 1 aromatic rings. The fourth-order valence-electron chi connectivity index (χ4n) is 3.18. The largest absolute Gasteiger partial charge is 0.339 e. The summed E-state index contributed by atoms with van der Waals surface area (Å²) in [5.41, 5.74) is -0.413. The van der Waals surface area contributed by atoms with Crippen LogP contribution >= 0.6 is 12.4 Å². The lowest BCUT2D eigenvalue weighted by Gasteiger charge is -2.45. The molecule has 0 aromatic heterocycles. The molecule has 1 saturated heterocycles. The smallest absolute Gasteiger partial charge is 0.233 e. The first kappa shape index (κ1) is 16.2. The highest BCUT2D eigenvalue weighted by Crippen LogP contribution is 2.46. The minimum atomic E-state index is -0.769. The van der Waals surface area contributed by atoms with Gasteiger partial charge < -0.3 is 10.2 Å². The predicted molar refractivity (Wildman–Crippen MR) is 78.6 cm³/mol. The number of carbonyl (C=O) groups excluding carboxylic acids is 1. The Morgan fingerprint density at radius 1 is 1.19 bits per heavy atom. The van der Waals surface area contributed by atoms with Gasteiger partial charge in [0.05, 0.1) is 5.41 Å². The SMILES string of the molecule is Cl.O=C(N1CCNCC1)C1(c2ccc(F)cc2F)CCC1. The summed E-state index contributed by atoms with van der Waals surface area (Å²) in [6.07, 6.45) is 2.21. The zero-order valence-corrected chi connectivity index (χ0v) is 12.5. The molecule has 0 atom stereocenters. The Bertz CT molecular complexity index is 528. The maximum atomic E-state index is 14.1. The van der Waals surface area contributed by atoms with E-state index in [9.17, 15) is 13.6 Å². The van der Waals surface area contributed by atoms with Crippen LogP contribution in [0.3, 0.4) is 0 Å². The van der Waals surface area contributed by atoms with Crippen molar-refractivity contribution in [2.75, 3.05) is 26.2 Å². The second-order valence-electron chi connectivity index (χ2n) is 5.60. The standard InChI is InChI=1S/C15H18F2N2O.ClH/c16-11-2-3-12(13(17)10-11)15(4-1-5-15)14(20)19-8-6-18-7-9-19;/h2-3,10,18H,1,4-9H2;1H. The number of hydrogen-bond acceptors (Lipinski definition) is 2. The first-order chi connectivity index (χ1) is 9.63. The first-order valence-electron chi connectivity index (χ1n) is 7.09. The minimum absolute atomic E-state index is 0. The zero-order chi connectivity index (χ0) is 14.2. The van der Waals surface area contributed by atoms with E-state index in [-0.39, 0.29) is 18.3 Å². The summed E-state index contributed by atoms with van der Waals surface area (Å²) in [5, 5.41) is 3.20. The summed E-state index contributed by atoms with van der Waals surface area (Å²) in [6.45, 7) is 2.86. The maximum absolute atomic E-state index is 14.1. The normalized spacial score (nSPS) is 20.4. The van der Waals surface area contributed by atoms with Gasteiger partial charge >= 0.3 is 0 Å². The summed E-state index contributed by atoms with van der Waals surface area (Å²) in [7, 11) is 0. The third-order valence-electron chi connectivity index (χ3n) is 4.47. The number of nitrogens with zero attached hydrogens (tertiary/aromatic N) is 1. The fourth-order valence-corrected chi connectivity index (χ4v) is 3.18. The monoisotopic (exact) mass is 316 g/mol. The summed E-state index contributed by atoms with van der Waals surface area (Å²) >= 11 is 0. The molecule has 116 valence electrons. The molecule has 0 bridgehead atoms. The molecule has 1 aliphatic heterocycles. The first-order valence-corrected chi connectivity index (χ1v) is 7.09. The number of benzene rings is 1. The van der Waals surface area contributed by atoms with Crippen LogP contribution in [0.4, 0.5) is 8.78 Å². The highest BCUT2D eigenvalue weighted by atomic mass is 35.5. The van der Waals surface area contributed by atoms with Gasteiger partial charge in [-0.05, 0) is 18.9 Å². The molecule has 0 spiro atoms. The lowest BCUT2D eigenvalue weighted by molar-refractivity contribution is -0.141. The quantitative estimate of drug-likeness (QED) is 0.907. The number of rotatable bonds is 2. The summed E-state index contributed by atoms with van der Waals surface area (Å²) < 4.78 is 27.1. The molecule has 2 fully saturated rings. The van der Waals surface area contributed by atoms with E-state index in [0.717, 1.165) is 25.6 Å². The van der Waals surface area contributed by atoms with Crippen LogP contribution in [0.15, 0.2) is 18.2 Å². The molecule has 1 saturated carbocycles. The highest BCUT2D eigenvalue weighted by molar-refractivity contribution is 5.89. The summed E-state index contributed by atoms with van der Waals surface area (Å²) in [6, 6.07) is 3.55. The molecule has 21 heavy (non-hydrogen) atoms. The fraction of sp³-hybridized carbons (Fsp3) is 0.533. The van der Waals surface area contributed by atoms with E-state index in [1.54, 1.807) is 4.90 Å². The van der Waals surface area contributed by atoms with Crippen LogP contribution in [0.2, 0.25) is 0 Å². The number of halogens is 3. The number of hydrogen-bond donors (Lipinski definition) is 1. The summed E-state index contributed by atoms with van der Waals surface area (Å²) in [4.78, 5) is 14.6. The van der Waals surface area contributed by atoms with E-state index in [1.165, 1.54) is 12.1 Å². The molecule has 6 heteroatoms. The van der Waals surface area contributed by atoms with Crippen molar-refractivity contribution >= 4 is 18.3 Å². The Morgan fingerprint density at radius 3 is 2.38 bits per heavy atom. The van der Waals surface area contributed by atoms with Gasteiger partial charge in [0.25, 0.3) is 0 Å². The summed E-state index contributed by atoms with van der Waals surface area (Å²) in [5.74, 6) is -1.21. The van der Waals surface area contributed by atoms with Gasteiger partial charge in [0.2, 0.25) is 5.91 Å². The van der Waals surface area contributed by atoms with Crippen molar-refractivity contribution in [1.82, 2.24) is 10.2 Å². The van der Waals surface area contributed by atoms with Crippen molar-refractivity contribution in [2.45, 2.75) is 24.7 Å². The van der Waals surface area contributed by atoms with Crippen LogP contribution in [0.5, 0.6) is 0 Å². The van der Waals surface area contributed by atoms with Crippen molar-refractivity contribution < 1.29 is 13.6 Å². The van der Waals surface area contributed by atoms with Crippen LogP contribution in [0.1, 0.15) is 24.8 Å². The Labute approximate surface area is 129 Å². The molecular formula is C15H19ClF2N2O. The van der Waals surface area contributed by atoms with E-state index in [2.05, 4.69) is 5.32 Å². The average molecular weight is 317 g/mol. The van der Waals surface area contributed by atoms with Crippen molar-refractivity contribution in [2.24, 2.45) is 0 Å². The van der Waals surface area contributed by atoms with E-state index in [1.807, 2.05) is 0 Å². The van der Waals surface area contributed by atoms with Crippen molar-refractivity contribution in [3.63, 3.8) is 0 Å². The van der Waals surface area contributed by atoms with Crippen LogP contribution in [0.25, 0.3) is 0 Å². The van der Waals surface area contributed by atoms with Crippen LogP contribution in [-0.4, -0.2) is 37.0 Å². The molecule has 3 nitrogen and oxygen atoms in total. The average Bonchev–Trinajstić information content (AvgIpc) is 2.40. The number of carbonyl (C=O) groups is 1. The van der Waals surface area contributed by atoms with Gasteiger partial charge in [0, 0.05) is 37.8 Å². The molecule has 1 heterocycles. The zero-order valence-electron chi connectivity index (χ0n) is 11.7. The van der Waals surface area contributed by atoms with E-state index in [0.29, 0.717) is 31.5 Å². The van der Waals surface area contributed by atoms with Crippen molar-refractivity contribution in [3.8, 4) is 0 Å². The predicted octanol–water partition coefficient (Wildman–Crippen LogP) is 2.24. The van der Waals surface area contributed by atoms with Gasteiger partial charge in [0.15, 0.2) is 0 Å². The lowest BCUT2D eigenvalue weighted by Crippen LogP contribution is -2.56. The van der Waals surface area contributed by atoms with Gasteiger partial charge in [-0.2, -0.15) is 0 Å². The molecule has 2 aliphatic rings. The third kappa shape index (κ3) is 2.77. The Hall–Kier alpha value is -1.20. The molecule has 1 amide bonds. The van der Waals surface area contributed by atoms with Crippen molar-refractivity contribution in [1.29, 1.82) is 0 Å².